The molecule has 0 atom stereocenters. The van der Waals surface area contributed by atoms with Crippen LogP contribution in [0.1, 0.15) is 16.0 Å². The molecule has 0 fully saturated rings. The van der Waals surface area contributed by atoms with Crippen molar-refractivity contribution in [2.45, 2.75) is 0 Å². The molecule has 31 heavy (non-hydrogen) atoms. The van der Waals surface area contributed by atoms with Crippen LogP contribution in [-0.2, 0) is 7.05 Å². The Kier molecular flexibility index (Phi) is 4.25. The molecule has 0 N–H and O–H groups in total. The van der Waals surface area contributed by atoms with Gasteiger partial charge in [-0.2, -0.15) is 0 Å². The molecule has 1 aliphatic carbocycles. The lowest BCUT2D eigenvalue weighted by Gasteiger charge is -2.02. The first kappa shape index (κ1) is 18.8. The van der Waals surface area contributed by atoms with Gasteiger partial charge in [0, 0.05) is 34.2 Å². The van der Waals surface area contributed by atoms with E-state index >= 15 is 0 Å². The number of hydrogen-bond acceptors (Lipinski definition) is 4. The summed E-state index contributed by atoms with van der Waals surface area (Å²) < 4.78 is 2.15. The normalized spacial score (nSPS) is 13.4. The Hall–Kier alpha value is -2.99. The van der Waals surface area contributed by atoms with Gasteiger partial charge in [0.2, 0.25) is 0 Å². The monoisotopic (exact) mass is 452 g/mol. The van der Waals surface area contributed by atoms with E-state index in [1.54, 1.807) is 11.3 Å². The fraction of sp³-hybridized carbons (Fsp3) is 0.0385. The quantitative estimate of drug-likeness (QED) is 0.212. The number of aryl methyl sites for hydroxylation is 1. The molecule has 2 nitrogen and oxygen atoms in total. The summed E-state index contributed by atoms with van der Waals surface area (Å²) in [6, 6.07) is 25.1. The van der Waals surface area contributed by atoms with E-state index in [1.807, 2.05) is 18.2 Å². The molecule has 0 saturated heterocycles. The molecule has 0 unspecified atom stereocenters. The Labute approximate surface area is 194 Å². The summed E-state index contributed by atoms with van der Waals surface area (Å²) >= 11 is 13.3. The Morgan fingerprint density at radius 2 is 1.45 bits per heavy atom. The molecular formula is C26H16N2S3. The first-order chi connectivity index (χ1) is 15.1. The van der Waals surface area contributed by atoms with E-state index in [1.165, 1.54) is 10.8 Å². The van der Waals surface area contributed by atoms with Crippen LogP contribution in [0.25, 0.3) is 38.6 Å². The Morgan fingerprint density at radius 1 is 0.839 bits per heavy atom. The van der Waals surface area contributed by atoms with Crippen molar-refractivity contribution in [1.29, 1.82) is 0 Å². The molecule has 0 aliphatic heterocycles. The average molecular weight is 453 g/mol. The first-order valence-electron chi connectivity index (χ1n) is 9.96. The van der Waals surface area contributed by atoms with Gasteiger partial charge in [0.15, 0.2) is 0 Å². The highest BCUT2D eigenvalue weighted by molar-refractivity contribution is 7.84. The number of benzene rings is 3. The third-order valence-corrected chi connectivity index (χ3v) is 7.63. The largest absolute Gasteiger partial charge is 0.326 e. The van der Waals surface area contributed by atoms with Gasteiger partial charge in [0.1, 0.15) is 10.7 Å². The predicted octanol–water partition coefficient (Wildman–Crippen LogP) is 6.99. The van der Waals surface area contributed by atoms with Crippen molar-refractivity contribution in [2.24, 2.45) is 7.05 Å². The molecule has 2 aromatic heterocycles. The van der Waals surface area contributed by atoms with E-state index in [-0.39, 0.29) is 0 Å². The zero-order valence-corrected chi connectivity index (χ0v) is 19.1. The smallest absolute Gasteiger partial charge is 0.142 e. The van der Waals surface area contributed by atoms with Crippen molar-refractivity contribution in [3.05, 3.63) is 94.4 Å². The number of allylic oxidation sites excluding steroid dienone is 1. The van der Waals surface area contributed by atoms with Crippen molar-refractivity contribution in [2.75, 3.05) is 0 Å². The van der Waals surface area contributed by atoms with Crippen molar-refractivity contribution >= 4 is 72.7 Å². The van der Waals surface area contributed by atoms with Gasteiger partial charge in [-0.3, -0.25) is 0 Å². The zero-order valence-electron chi connectivity index (χ0n) is 16.6. The third kappa shape index (κ3) is 2.92. The van der Waals surface area contributed by atoms with Crippen LogP contribution in [0, 0.1) is 0 Å². The van der Waals surface area contributed by atoms with Crippen LogP contribution in [0.15, 0.2) is 78.4 Å². The summed E-state index contributed by atoms with van der Waals surface area (Å²) in [4.78, 5) is 8.68. The summed E-state index contributed by atoms with van der Waals surface area (Å²) in [7, 11) is 2.06. The molecule has 0 saturated carbocycles. The summed E-state index contributed by atoms with van der Waals surface area (Å²) in [6.45, 7) is 0. The maximum Gasteiger partial charge on any atom is 0.142 e. The highest BCUT2D eigenvalue weighted by Crippen LogP contribution is 2.36. The van der Waals surface area contributed by atoms with E-state index in [4.69, 9.17) is 29.4 Å². The molecule has 2 heterocycles. The van der Waals surface area contributed by atoms with Crippen molar-refractivity contribution in [3.8, 4) is 11.4 Å². The van der Waals surface area contributed by atoms with E-state index < -0.39 is 0 Å². The zero-order chi connectivity index (χ0) is 21.1. The number of nitrogens with zero attached hydrogens (tertiary/aromatic N) is 2. The van der Waals surface area contributed by atoms with Crippen LogP contribution in [0.5, 0.6) is 0 Å². The molecule has 3 aromatic carbocycles. The maximum absolute atomic E-state index is 5.83. The van der Waals surface area contributed by atoms with Crippen LogP contribution in [0.2, 0.25) is 0 Å². The SMILES string of the molecule is Cn1c(-c2ccccc2)nc2sc(C=C3C(=S)c4cc5ccccc5cc4C3=S)cc21. The van der Waals surface area contributed by atoms with Gasteiger partial charge in [-0.15, -0.1) is 11.3 Å². The summed E-state index contributed by atoms with van der Waals surface area (Å²) in [5.74, 6) is 0.979. The Bertz CT molecular complexity index is 1510. The number of thiocarbonyl (C=S) groups is 2. The minimum atomic E-state index is 0.834. The first-order valence-corrected chi connectivity index (χ1v) is 11.6. The minimum Gasteiger partial charge on any atom is -0.326 e. The number of thiophene rings is 1. The standard InChI is InChI=1S/C26H16N2S3/c1-28-22-14-18(31-26(22)27-25(28)15-7-3-2-4-8-15)13-21-23(29)19-11-16-9-5-6-10-17(16)12-20(19)24(21)30/h2-14H,1H3. The number of fused-ring (bicyclic) bond motifs is 3. The summed E-state index contributed by atoms with van der Waals surface area (Å²) in [6.07, 6.45) is 2.13. The van der Waals surface area contributed by atoms with Gasteiger partial charge < -0.3 is 4.57 Å². The fourth-order valence-corrected chi connectivity index (χ4v) is 5.92. The van der Waals surface area contributed by atoms with E-state index in [0.717, 1.165) is 53.0 Å². The van der Waals surface area contributed by atoms with Gasteiger partial charge in [-0.05, 0) is 35.0 Å². The van der Waals surface area contributed by atoms with Gasteiger partial charge in [0.25, 0.3) is 0 Å². The van der Waals surface area contributed by atoms with Crippen LogP contribution in [0.3, 0.4) is 0 Å². The number of hydrogen-bond donors (Lipinski definition) is 0. The Morgan fingerprint density at radius 3 is 2.06 bits per heavy atom. The van der Waals surface area contributed by atoms with E-state index in [9.17, 15) is 0 Å². The molecule has 0 bridgehead atoms. The van der Waals surface area contributed by atoms with Gasteiger partial charge in [-0.1, -0.05) is 79.0 Å². The second-order valence-electron chi connectivity index (χ2n) is 7.66. The summed E-state index contributed by atoms with van der Waals surface area (Å²) in [5, 5.41) is 2.37. The predicted molar refractivity (Wildman–Crippen MR) is 139 cm³/mol. The van der Waals surface area contributed by atoms with Crippen LogP contribution in [0.4, 0.5) is 0 Å². The lowest BCUT2D eigenvalue weighted by molar-refractivity contribution is 0.959. The van der Waals surface area contributed by atoms with Crippen LogP contribution < -0.4 is 0 Å². The number of rotatable bonds is 2. The number of imidazole rings is 1. The average Bonchev–Trinajstić information content (AvgIpc) is 3.41. The lowest BCUT2D eigenvalue weighted by atomic mass is 10.0. The molecule has 5 aromatic rings. The highest BCUT2D eigenvalue weighted by Gasteiger charge is 2.27. The lowest BCUT2D eigenvalue weighted by Crippen LogP contribution is -1.97. The molecular weight excluding hydrogens is 437 g/mol. The van der Waals surface area contributed by atoms with Gasteiger partial charge >= 0.3 is 0 Å². The third-order valence-electron chi connectivity index (χ3n) is 5.78. The molecule has 148 valence electrons. The van der Waals surface area contributed by atoms with Gasteiger partial charge in [-0.25, -0.2) is 4.98 Å². The molecule has 0 amide bonds. The molecule has 1 aliphatic rings. The van der Waals surface area contributed by atoms with E-state index in [0.29, 0.717) is 0 Å². The number of aromatic nitrogens is 2. The second kappa shape index (κ2) is 7.02. The topological polar surface area (TPSA) is 17.8 Å². The highest BCUT2D eigenvalue weighted by atomic mass is 32.1. The van der Waals surface area contributed by atoms with Gasteiger partial charge in [0.05, 0.1) is 15.2 Å². The fourth-order valence-electron chi connectivity index (χ4n) is 4.19. The molecule has 6 rings (SSSR count). The van der Waals surface area contributed by atoms with Crippen molar-refractivity contribution in [1.82, 2.24) is 9.55 Å². The summed E-state index contributed by atoms with van der Waals surface area (Å²) in [5.41, 5.74) is 5.33. The molecule has 0 spiro atoms. The van der Waals surface area contributed by atoms with Crippen molar-refractivity contribution in [3.63, 3.8) is 0 Å². The molecule has 0 radical (unpaired) electrons. The van der Waals surface area contributed by atoms with Crippen LogP contribution >= 0.6 is 35.8 Å². The Balaban J connectivity index is 1.42. The van der Waals surface area contributed by atoms with Crippen molar-refractivity contribution < 1.29 is 0 Å². The molecule has 5 heteroatoms. The minimum absolute atomic E-state index is 0.834. The second-order valence-corrected chi connectivity index (χ2v) is 9.54. The van der Waals surface area contributed by atoms with Crippen LogP contribution in [-0.4, -0.2) is 19.3 Å². The van der Waals surface area contributed by atoms with E-state index in [2.05, 4.69) is 72.3 Å². The maximum atomic E-state index is 5.83.